The Hall–Kier alpha value is -15.6. The van der Waals surface area contributed by atoms with Crippen molar-refractivity contribution < 1.29 is 104 Å². The second-order valence-electron chi connectivity index (χ2n) is 31.5. The topological polar surface area (TPSA) is 404 Å². The van der Waals surface area contributed by atoms with Crippen LogP contribution in [0.3, 0.4) is 0 Å². The Bertz CT molecular complexity index is 9330. The lowest BCUT2D eigenvalue weighted by Gasteiger charge is -2.23. The van der Waals surface area contributed by atoms with Crippen molar-refractivity contribution >= 4 is 189 Å². The van der Waals surface area contributed by atoms with E-state index in [2.05, 4.69) is 58.2 Å². The molecule has 12 heterocycles. The number of halogens is 12. The summed E-state index contributed by atoms with van der Waals surface area (Å²) in [6, 6.07) is 62.1. The zero-order chi connectivity index (χ0) is 99.9. The molecule has 0 saturated heterocycles. The molecule has 12 aromatic carbocycles. The second kappa shape index (κ2) is 34.8. The number of methoxy groups -OCH3 is 1. The van der Waals surface area contributed by atoms with Crippen LogP contribution < -0.4 is 28.3 Å². The van der Waals surface area contributed by atoms with Gasteiger partial charge in [-0.3, -0.25) is 58.2 Å². The van der Waals surface area contributed by atoms with Gasteiger partial charge in [-0.1, -0.05) is 132 Å². The molecule has 6 aromatic heterocycles. The number of nitrogens with one attached hydrogen (secondary N) is 6. The van der Waals surface area contributed by atoms with E-state index < -0.39 is 107 Å². The lowest BCUT2D eigenvalue weighted by Crippen LogP contribution is -2.20. The van der Waals surface area contributed by atoms with Crippen molar-refractivity contribution in [3.63, 3.8) is 0 Å². The number of fused-ring (bicyclic) bond motifs is 30. The van der Waals surface area contributed by atoms with Crippen molar-refractivity contribution in [2.45, 2.75) is 47.9 Å². The van der Waals surface area contributed by atoms with E-state index in [1.165, 1.54) is 104 Å². The van der Waals surface area contributed by atoms with Crippen LogP contribution in [-0.2, 0) is 83.4 Å². The largest absolute Gasteiger partial charge is 0.465 e. The van der Waals surface area contributed by atoms with Crippen LogP contribution in [-0.4, -0.2) is 93.5 Å². The number of alkyl halides is 9. The third-order valence-corrected chi connectivity index (χ3v) is 32.1. The van der Waals surface area contributed by atoms with Crippen LogP contribution in [0.5, 0.6) is 0 Å². The molecule has 45 heteroatoms. The SMILES string of the molecule is COC(=O)c1ccc2c(c1)-c1ccc3cccnc3c1NS2(=O)=O.N#Cc1ccc2c(c1)-c1ccc3cccnc3c1NS2(=O)=O.O=S1(=O)Nc2c(cc(F)c3cccnc23)-c2cc(C(F)(F)F)ccc21.O=S1(=O)Nc2c(ccc3c(C(F)(F)F)ccnc23)-c2cc(Cl)ccc21.O=S1(=O)Nc2c(ccc3c(C(F)(F)F)ccnc23)-c2ccccc21.O=S1(=O)Nc2c(ccc3c(Cl)ccnc23)-c2ccccc21. The average molecular weight is 2070 g/mol. The minimum absolute atomic E-state index is 0.00993. The number of anilines is 6. The highest BCUT2D eigenvalue weighted by Crippen LogP contribution is 2.53. The monoisotopic (exact) mass is 2070 g/mol. The Morgan fingerprint density at radius 2 is 0.674 bits per heavy atom. The number of carbonyl (C=O) groups excluding carboxylic acids is 1. The number of benzene rings is 12. The molecule has 27 nitrogen and oxygen atoms in total. The van der Waals surface area contributed by atoms with E-state index in [4.69, 9.17) is 33.2 Å². The van der Waals surface area contributed by atoms with Gasteiger partial charge < -0.3 is 4.74 Å². The summed E-state index contributed by atoms with van der Waals surface area (Å²) in [6.07, 6.45) is -5.61. The summed E-state index contributed by atoms with van der Waals surface area (Å²) in [5.74, 6) is -1.22. The first-order valence-electron chi connectivity index (χ1n) is 40.9. The minimum Gasteiger partial charge on any atom is -0.465 e. The Labute approximate surface area is 801 Å². The van der Waals surface area contributed by atoms with Gasteiger partial charge in [0.25, 0.3) is 60.1 Å². The fourth-order valence-corrected chi connectivity index (χ4v) is 25.1. The lowest BCUT2D eigenvalue weighted by molar-refractivity contribution is -0.138. The van der Waals surface area contributed by atoms with E-state index in [0.29, 0.717) is 111 Å². The molecular weight excluding hydrogens is 2010 g/mol. The second-order valence-corrected chi connectivity index (χ2v) is 42.2. The van der Waals surface area contributed by atoms with Gasteiger partial charge in [0.05, 0.1) is 143 Å². The van der Waals surface area contributed by atoms with E-state index >= 15 is 0 Å². The number of carbonyl (C=O) groups is 1. The van der Waals surface area contributed by atoms with Crippen LogP contribution in [0.15, 0.2) is 309 Å². The Morgan fingerprint density at radius 1 is 0.319 bits per heavy atom. The average Bonchev–Trinajstić information content (AvgIpc) is 0.758. The molecule has 0 atom stereocenters. The normalized spacial score (nSPS) is 15.0. The Kier molecular flexibility index (Phi) is 23.3. The lowest BCUT2D eigenvalue weighted by atomic mass is 9.98. The predicted molar refractivity (Wildman–Crippen MR) is 509 cm³/mol. The number of rotatable bonds is 1. The molecule has 24 rings (SSSR count). The number of hydrogen-bond acceptors (Lipinski definition) is 21. The maximum atomic E-state index is 14.4. The maximum absolute atomic E-state index is 14.4. The molecule has 0 radical (unpaired) electrons. The highest BCUT2D eigenvalue weighted by Gasteiger charge is 2.42. The molecule has 0 fully saturated rings. The van der Waals surface area contributed by atoms with Gasteiger partial charge in [-0.25, -0.2) is 59.7 Å². The van der Waals surface area contributed by atoms with Gasteiger partial charge in [-0.05, 0) is 133 Å². The summed E-state index contributed by atoms with van der Waals surface area (Å²) in [5.41, 5.74) is 6.37. The van der Waals surface area contributed by atoms with Crippen LogP contribution in [0.1, 0.15) is 32.6 Å². The summed E-state index contributed by atoms with van der Waals surface area (Å²) in [6.45, 7) is 0. The molecular formula is C96H55Cl2F10N13O14S6. The zero-order valence-corrected chi connectivity index (χ0v) is 77.3. The van der Waals surface area contributed by atoms with Crippen molar-refractivity contribution in [3.8, 4) is 72.8 Å². The third-order valence-electron chi connectivity index (χ3n) is 23.1. The summed E-state index contributed by atoms with van der Waals surface area (Å²) in [5, 5.41) is 12.1. The number of ether oxygens (including phenoxy) is 1. The number of nitriles is 1. The molecule has 6 N–H and O–H groups in total. The number of sulfonamides is 6. The van der Waals surface area contributed by atoms with Gasteiger partial charge in [-0.15, -0.1) is 0 Å². The van der Waals surface area contributed by atoms with Crippen molar-refractivity contribution in [1.82, 2.24) is 29.9 Å². The number of esters is 1. The van der Waals surface area contributed by atoms with Crippen LogP contribution in [0.25, 0.3) is 132 Å². The van der Waals surface area contributed by atoms with Crippen LogP contribution in [0.4, 0.5) is 78.0 Å². The van der Waals surface area contributed by atoms with Crippen molar-refractivity contribution in [1.29, 1.82) is 5.26 Å². The number of hydrogen-bond donors (Lipinski definition) is 6. The number of aromatic nitrogens is 6. The van der Waals surface area contributed by atoms with Crippen molar-refractivity contribution in [2.24, 2.45) is 0 Å². The molecule has 0 unspecified atom stereocenters. The maximum Gasteiger partial charge on any atom is 0.417 e. The smallest absolute Gasteiger partial charge is 0.417 e. The molecule has 141 heavy (non-hydrogen) atoms. The highest BCUT2D eigenvalue weighted by atomic mass is 35.5. The zero-order valence-electron chi connectivity index (χ0n) is 70.9. The van der Waals surface area contributed by atoms with Gasteiger partial charge in [0, 0.05) is 141 Å². The quantitative estimate of drug-likeness (QED) is 0.0656. The molecule has 0 saturated carbocycles. The number of pyridine rings is 6. The van der Waals surface area contributed by atoms with Crippen molar-refractivity contribution in [2.75, 3.05) is 35.4 Å². The number of nitrogens with zero attached hydrogens (tertiary/aromatic N) is 7. The summed E-state index contributed by atoms with van der Waals surface area (Å²) >= 11 is 12.1. The summed E-state index contributed by atoms with van der Waals surface area (Å²) in [4.78, 5) is 36.9. The first kappa shape index (κ1) is 94.4. The van der Waals surface area contributed by atoms with Crippen LogP contribution in [0.2, 0.25) is 10.0 Å². The fraction of sp³-hybridized carbons (Fsp3) is 0.0417. The fourth-order valence-electron chi connectivity index (χ4n) is 16.9. The van der Waals surface area contributed by atoms with Crippen LogP contribution in [0, 0.1) is 17.1 Å². The molecule has 6 aliphatic heterocycles. The van der Waals surface area contributed by atoms with Crippen LogP contribution >= 0.6 is 23.2 Å². The summed E-state index contributed by atoms with van der Waals surface area (Å²) in [7, 11) is -21.6. The molecule has 0 aliphatic carbocycles. The van der Waals surface area contributed by atoms with Gasteiger partial charge >= 0.3 is 24.5 Å². The van der Waals surface area contributed by atoms with E-state index in [-0.39, 0.29) is 90.3 Å². The highest BCUT2D eigenvalue weighted by molar-refractivity contribution is 7.94. The van der Waals surface area contributed by atoms with Gasteiger partial charge in [0.2, 0.25) is 0 Å². The first-order valence-corrected chi connectivity index (χ1v) is 50.5. The molecule has 0 spiro atoms. The molecule has 18 aromatic rings. The predicted octanol–water partition coefficient (Wildman–Crippen LogP) is 22.3. The molecule has 6 aliphatic rings. The molecule has 708 valence electrons. The summed E-state index contributed by atoms with van der Waals surface area (Å²) < 4.78 is 301. The van der Waals surface area contributed by atoms with Crippen molar-refractivity contribution in [3.05, 3.63) is 324 Å². The van der Waals surface area contributed by atoms with E-state index in [0.717, 1.165) is 63.9 Å². The van der Waals surface area contributed by atoms with Gasteiger partial charge in [0.1, 0.15) is 5.82 Å². The van der Waals surface area contributed by atoms with Gasteiger partial charge in [-0.2, -0.15) is 44.8 Å². The van der Waals surface area contributed by atoms with E-state index in [9.17, 15) is 99.2 Å². The van der Waals surface area contributed by atoms with E-state index in [1.54, 1.807) is 79.3 Å². The first-order chi connectivity index (χ1) is 66.8. The standard InChI is InChI=1S/C17H12N2O4S.C16H8ClF3N2O2S.C16H8F4N2O2S.C16H9F3N2O2S.C16H9N3O2S.C15H9ClN2O2S/c1-23-17(20)11-5-7-14-13(9-11)12-6-4-10-3-2-8-18-15(10)16(12)19-24(14,21)22;17-8-1-4-13-11(7-8)9-2-3-10-12(16(18,19)20)5-6-21-14(10)15(9)22-25(13,23)24;17-12-7-11-10-6-8(16(18,19)20)3-4-13(10)25(23,24)22-15(11)14-9(12)2-1-5-21-14;17-16(18,19)12-7-8-20-14-11(12)6-5-10-9-3-1-2-4-13(9)24(22,23)21-15(10)14;17-9-10-3-6-14-13(8-10)12-5-4-11-2-1-7-18-15(11)16(12)19-22(14,20)21;16-12-7-8-17-14-11(12)6-5-10-9-3-1-2-4-13(9)21(19,20)18-15(10)14/h2-9,19H,1H3;2*1-7,22H;1-8,21H;1-8,19H;1-8,18H. The van der Waals surface area contributed by atoms with E-state index in [1.807, 2.05) is 60.7 Å². The minimum atomic E-state index is -4.66. The Balaban J connectivity index is 0.000000108. The molecule has 0 bridgehead atoms. The third kappa shape index (κ3) is 17.1. The molecule has 0 amide bonds. The Morgan fingerprint density at radius 3 is 1.13 bits per heavy atom. The van der Waals surface area contributed by atoms with Gasteiger partial charge in [0.15, 0.2) is 0 Å².